The monoisotopic (exact) mass is 950 g/mol. The first kappa shape index (κ1) is 47.3. The van der Waals surface area contributed by atoms with Crippen LogP contribution < -0.4 is 24.2 Å². The molecule has 3 aromatic heterocycles. The van der Waals surface area contributed by atoms with E-state index < -0.39 is 0 Å². The van der Waals surface area contributed by atoms with Crippen molar-refractivity contribution in [3.63, 3.8) is 0 Å². The fraction of sp³-hybridized carbons (Fsp3) is 0.288. The lowest BCUT2D eigenvalue weighted by molar-refractivity contribution is 0.249. The van der Waals surface area contributed by atoms with Gasteiger partial charge in [-0.1, -0.05) is 36.4 Å². The summed E-state index contributed by atoms with van der Waals surface area (Å²) in [5.74, 6) is 2.21. The number of rotatable bonds is 11. The molecule has 4 N–H and O–H groups in total. The molecule has 12 rings (SSSR count). The molecule has 3 aliphatic rings. The van der Waals surface area contributed by atoms with Crippen molar-refractivity contribution in [2.24, 2.45) is 0 Å². The third-order valence-corrected chi connectivity index (χ3v) is 14.2. The molecule has 0 saturated carbocycles. The molecule has 0 unspecified atom stereocenters. The molecule has 6 aromatic carbocycles. The van der Waals surface area contributed by atoms with Crippen LogP contribution in [-0.4, -0.2) is 128 Å². The first-order valence-electron chi connectivity index (χ1n) is 25.1. The molecule has 0 spiro atoms. The zero-order valence-corrected chi connectivity index (χ0v) is 41.1. The van der Waals surface area contributed by atoms with Crippen LogP contribution in [0.1, 0.15) is 16.7 Å². The Kier molecular flexibility index (Phi) is 15.0. The number of phenols is 1. The molecule has 3 fully saturated rings. The van der Waals surface area contributed by atoms with Gasteiger partial charge in [0.2, 0.25) is 0 Å². The van der Waals surface area contributed by atoms with Gasteiger partial charge in [-0.05, 0) is 136 Å². The summed E-state index contributed by atoms with van der Waals surface area (Å²) in [6, 6.07) is 50.6. The Morgan fingerprint density at radius 2 is 0.859 bits per heavy atom. The zero-order chi connectivity index (χ0) is 48.4. The van der Waals surface area contributed by atoms with Gasteiger partial charge in [0, 0.05) is 151 Å². The minimum Gasteiger partial charge on any atom is -0.508 e. The van der Waals surface area contributed by atoms with E-state index in [4.69, 9.17) is 9.47 Å². The summed E-state index contributed by atoms with van der Waals surface area (Å²) < 4.78 is 10.8. The molecule has 12 nitrogen and oxygen atoms in total. The van der Waals surface area contributed by atoms with E-state index in [2.05, 4.69) is 147 Å². The van der Waals surface area contributed by atoms with E-state index in [1.807, 2.05) is 48.9 Å². The molecular formula is C59H67N9O3. The Bertz CT molecular complexity index is 3080. The van der Waals surface area contributed by atoms with Crippen molar-refractivity contribution in [2.75, 3.05) is 107 Å². The van der Waals surface area contributed by atoms with Crippen LogP contribution >= 0.6 is 0 Å². The minimum absolute atomic E-state index is 0.326. The van der Waals surface area contributed by atoms with Gasteiger partial charge in [0.05, 0.1) is 19.9 Å². The summed E-state index contributed by atoms with van der Waals surface area (Å²) in [5.41, 5.74) is 11.4. The topological polar surface area (TPSA) is 106 Å². The van der Waals surface area contributed by atoms with Crippen LogP contribution in [0.15, 0.2) is 164 Å². The van der Waals surface area contributed by atoms with E-state index >= 15 is 0 Å². The third kappa shape index (κ3) is 12.0. The van der Waals surface area contributed by atoms with Gasteiger partial charge in [0.15, 0.2) is 0 Å². The van der Waals surface area contributed by atoms with E-state index in [0.29, 0.717) is 5.75 Å². The van der Waals surface area contributed by atoms with Gasteiger partial charge in [0.1, 0.15) is 17.2 Å². The lowest BCUT2D eigenvalue weighted by Gasteiger charge is -2.36. The number of aromatic hydroxyl groups is 1. The van der Waals surface area contributed by atoms with E-state index in [9.17, 15) is 5.11 Å². The highest BCUT2D eigenvalue weighted by Crippen LogP contribution is 2.29. The largest absolute Gasteiger partial charge is 0.508 e. The van der Waals surface area contributed by atoms with E-state index in [1.54, 1.807) is 26.4 Å². The Morgan fingerprint density at radius 1 is 0.408 bits per heavy atom. The Morgan fingerprint density at radius 3 is 1.32 bits per heavy atom. The van der Waals surface area contributed by atoms with Crippen molar-refractivity contribution < 1.29 is 14.6 Å². The minimum atomic E-state index is 0.326. The Labute approximate surface area is 417 Å². The smallest absolute Gasteiger partial charge is 0.142 e. The second-order valence-electron chi connectivity index (χ2n) is 18.9. The lowest BCUT2D eigenvalue weighted by Crippen LogP contribution is -2.46. The van der Waals surface area contributed by atoms with Crippen molar-refractivity contribution in [1.29, 1.82) is 0 Å². The van der Waals surface area contributed by atoms with Crippen LogP contribution in [0.2, 0.25) is 0 Å². The Balaban J connectivity index is 0.000000123. The molecule has 0 radical (unpaired) electrons. The molecule has 0 aliphatic carbocycles. The number of nitrogens with zero attached hydrogens (tertiary/aromatic N) is 6. The van der Waals surface area contributed by atoms with Gasteiger partial charge >= 0.3 is 0 Å². The van der Waals surface area contributed by atoms with Gasteiger partial charge in [-0.15, -0.1) is 0 Å². The lowest BCUT2D eigenvalue weighted by atomic mass is 10.1. The number of phenolic OH excluding ortho intramolecular Hbond substituents is 1. The fourth-order valence-corrected chi connectivity index (χ4v) is 10.2. The predicted molar refractivity (Wildman–Crippen MR) is 291 cm³/mol. The predicted octanol–water partition coefficient (Wildman–Crippen LogP) is 10.2. The number of H-pyrrole nitrogens is 3. The van der Waals surface area contributed by atoms with Crippen molar-refractivity contribution in [2.45, 2.75) is 19.6 Å². The van der Waals surface area contributed by atoms with Crippen molar-refractivity contribution in [1.82, 2.24) is 29.7 Å². The summed E-state index contributed by atoms with van der Waals surface area (Å²) in [6.45, 7) is 15.7. The zero-order valence-electron chi connectivity index (χ0n) is 41.1. The van der Waals surface area contributed by atoms with Gasteiger partial charge in [0.25, 0.3) is 0 Å². The van der Waals surface area contributed by atoms with Gasteiger partial charge in [-0.25, -0.2) is 0 Å². The quantitative estimate of drug-likeness (QED) is 0.101. The average Bonchev–Trinajstić information content (AvgIpc) is 4.22. The highest BCUT2D eigenvalue weighted by molar-refractivity contribution is 5.81. The maximum atomic E-state index is 9.39. The number of fused-ring (bicyclic) bond motifs is 3. The number of hydrogen-bond acceptors (Lipinski definition) is 9. The normalized spacial score (nSPS) is 15.9. The maximum Gasteiger partial charge on any atom is 0.142 e. The molecule has 71 heavy (non-hydrogen) atoms. The molecule has 0 atom stereocenters. The van der Waals surface area contributed by atoms with Crippen molar-refractivity contribution >= 4 is 49.8 Å². The van der Waals surface area contributed by atoms with Gasteiger partial charge in [-0.2, -0.15) is 0 Å². The number of methoxy groups -OCH3 is 2. The molecule has 6 heterocycles. The number of piperazine rings is 3. The maximum absolute atomic E-state index is 9.39. The van der Waals surface area contributed by atoms with Gasteiger partial charge in [-0.3, -0.25) is 14.7 Å². The van der Waals surface area contributed by atoms with E-state index in [1.165, 1.54) is 66.5 Å². The number of para-hydroxylation sites is 2. The summed E-state index contributed by atoms with van der Waals surface area (Å²) in [4.78, 5) is 24.6. The molecule has 12 heteroatoms. The molecular weight excluding hydrogens is 883 g/mol. The highest BCUT2D eigenvalue weighted by atomic mass is 16.5. The number of hydrogen-bond donors (Lipinski definition) is 4. The summed E-state index contributed by atoms with van der Waals surface area (Å²) in [7, 11) is 3.46. The number of aromatic amines is 3. The van der Waals surface area contributed by atoms with Crippen molar-refractivity contribution in [3.8, 4) is 17.2 Å². The van der Waals surface area contributed by atoms with E-state index in [0.717, 1.165) is 110 Å². The number of nitrogens with one attached hydrogen (secondary N) is 3. The molecule has 3 saturated heterocycles. The Hall–Kier alpha value is -7.38. The van der Waals surface area contributed by atoms with Crippen LogP contribution in [0.25, 0.3) is 32.7 Å². The summed E-state index contributed by atoms with van der Waals surface area (Å²) >= 11 is 0. The van der Waals surface area contributed by atoms with Crippen molar-refractivity contribution in [3.05, 3.63) is 181 Å². The van der Waals surface area contributed by atoms with E-state index in [-0.39, 0.29) is 0 Å². The van der Waals surface area contributed by atoms with Crippen LogP contribution in [0.5, 0.6) is 17.2 Å². The first-order valence-corrected chi connectivity index (χ1v) is 25.1. The fourth-order valence-electron chi connectivity index (χ4n) is 10.2. The third-order valence-electron chi connectivity index (χ3n) is 14.2. The molecule has 9 aromatic rings. The molecule has 3 aliphatic heterocycles. The van der Waals surface area contributed by atoms with Crippen LogP contribution in [0.4, 0.5) is 17.1 Å². The van der Waals surface area contributed by atoms with Crippen LogP contribution in [0.3, 0.4) is 0 Å². The standard InChI is InChI=1S/2C20H23N3O.C19H21N3O/c1-24-19-4-2-3-18(14-19)23-11-9-22(10-12-23)15-16-5-6-20-17(13-16)7-8-21-20;1-24-20-5-3-2-4-19(20)23-12-10-22(11-13-23)15-16-6-7-18-17(14-16)8-9-21-18;23-18-4-2-17(3-5-18)22-11-9-21(10-12-22)14-15-1-6-19-16(13-15)7-8-20-19/h2-8,13-14,21H,9-12,15H2,1H3;2-9,14,21H,10-13,15H2,1H3;1-8,13,20,23H,9-12,14H2. The summed E-state index contributed by atoms with van der Waals surface area (Å²) in [6.07, 6.45) is 5.99. The summed E-state index contributed by atoms with van der Waals surface area (Å²) in [5, 5.41) is 13.3. The highest BCUT2D eigenvalue weighted by Gasteiger charge is 2.21. The van der Waals surface area contributed by atoms with Crippen LogP contribution in [-0.2, 0) is 19.6 Å². The average molecular weight is 950 g/mol. The number of anilines is 3. The molecule has 0 amide bonds. The second kappa shape index (κ2) is 22.6. The van der Waals surface area contributed by atoms with Gasteiger partial charge < -0.3 is 44.2 Å². The van der Waals surface area contributed by atoms with Crippen LogP contribution in [0, 0.1) is 0 Å². The first-order chi connectivity index (χ1) is 34.9. The number of ether oxygens (including phenoxy) is 2. The SMILES string of the molecule is COc1cccc(N2CCN(Cc3ccc4[nH]ccc4c3)CC2)c1.COc1ccccc1N1CCN(Cc2ccc3[nH]ccc3c2)CC1.Oc1ccc(N2CCN(Cc3ccc4[nH]ccc4c3)CC2)cc1. The molecule has 366 valence electrons. The number of benzene rings is 6. The molecule has 0 bridgehead atoms. The number of aromatic nitrogens is 3. The second-order valence-corrected chi connectivity index (χ2v) is 18.9.